The zero-order chi connectivity index (χ0) is 16.7. The zero-order valence-electron chi connectivity index (χ0n) is 12.8. The number of para-hydroxylation sites is 1. The molecule has 0 saturated carbocycles. The molecule has 0 saturated heterocycles. The van der Waals surface area contributed by atoms with E-state index >= 15 is 0 Å². The molecule has 120 valence electrons. The van der Waals surface area contributed by atoms with E-state index in [0.717, 1.165) is 17.6 Å². The second-order valence-electron chi connectivity index (χ2n) is 5.76. The summed E-state index contributed by atoms with van der Waals surface area (Å²) < 4.78 is 1.71. The van der Waals surface area contributed by atoms with Crippen molar-refractivity contribution in [1.29, 1.82) is 0 Å². The van der Waals surface area contributed by atoms with Gasteiger partial charge in [-0.2, -0.15) is 5.23 Å². The van der Waals surface area contributed by atoms with Gasteiger partial charge in [0, 0.05) is 18.7 Å². The van der Waals surface area contributed by atoms with Gasteiger partial charge >= 0.3 is 0 Å². The maximum absolute atomic E-state index is 12.6. The Labute approximate surface area is 137 Å². The molecule has 1 aliphatic rings. The van der Waals surface area contributed by atoms with Crippen LogP contribution in [0.2, 0.25) is 0 Å². The molecule has 1 aliphatic heterocycles. The van der Waals surface area contributed by atoms with Gasteiger partial charge in [-0.3, -0.25) is 9.36 Å². The number of allylic oxidation sites excluding steroid dienone is 1. The van der Waals surface area contributed by atoms with Crippen molar-refractivity contribution in [2.24, 2.45) is 0 Å². The number of benzene rings is 2. The van der Waals surface area contributed by atoms with Crippen molar-refractivity contribution in [3.05, 3.63) is 75.5 Å². The molecular weight excluding hydrogens is 306 g/mol. The third-order valence-corrected chi connectivity index (χ3v) is 4.25. The summed E-state index contributed by atoms with van der Waals surface area (Å²) in [6, 6.07) is 14.0. The lowest BCUT2D eigenvalue weighted by Gasteiger charge is -2.11. The van der Waals surface area contributed by atoms with Crippen molar-refractivity contribution in [3.8, 4) is 0 Å². The molecule has 0 amide bonds. The van der Waals surface area contributed by atoms with Gasteiger partial charge in [-0.25, -0.2) is 10.2 Å². The first-order valence-corrected chi connectivity index (χ1v) is 7.67. The van der Waals surface area contributed by atoms with E-state index in [1.165, 1.54) is 0 Å². The van der Waals surface area contributed by atoms with Crippen LogP contribution < -0.4 is 10.8 Å². The normalized spacial score (nSPS) is 16.5. The van der Waals surface area contributed by atoms with E-state index in [1.807, 2.05) is 24.3 Å². The van der Waals surface area contributed by atoms with Crippen LogP contribution in [-0.2, 0) is 6.54 Å². The maximum atomic E-state index is 12.6. The summed E-state index contributed by atoms with van der Waals surface area (Å²) >= 11 is 0. The molecule has 1 atom stereocenters. The zero-order valence-corrected chi connectivity index (χ0v) is 12.8. The van der Waals surface area contributed by atoms with Crippen molar-refractivity contribution in [1.82, 2.24) is 9.55 Å². The molecule has 0 fully saturated rings. The first-order valence-electron chi connectivity index (χ1n) is 7.67. The summed E-state index contributed by atoms with van der Waals surface area (Å²) in [5.41, 5.74) is 2.82. The fourth-order valence-corrected chi connectivity index (χ4v) is 3.02. The van der Waals surface area contributed by atoms with Gasteiger partial charge in [0.1, 0.15) is 5.82 Å². The molecule has 6 heteroatoms. The average Bonchev–Trinajstić information content (AvgIpc) is 2.99. The molecular formula is C18H15N3O3. The molecule has 6 nitrogen and oxygen atoms in total. The van der Waals surface area contributed by atoms with Crippen LogP contribution in [0.4, 0.5) is 5.69 Å². The Bertz CT molecular complexity index is 1000. The van der Waals surface area contributed by atoms with Crippen molar-refractivity contribution in [2.75, 3.05) is 0 Å². The van der Waals surface area contributed by atoms with E-state index in [1.54, 1.807) is 34.9 Å². The monoisotopic (exact) mass is 321 g/mol. The molecule has 2 aromatic carbocycles. The predicted molar refractivity (Wildman–Crippen MR) is 90.7 cm³/mol. The van der Waals surface area contributed by atoms with Crippen molar-refractivity contribution < 1.29 is 10.4 Å². The Balaban J connectivity index is 1.79. The molecule has 0 spiro atoms. The topological polar surface area (TPSA) is 82.6 Å². The molecule has 0 aliphatic carbocycles. The number of fused-ring (bicyclic) bond motifs is 2. The lowest BCUT2D eigenvalue weighted by Crippen LogP contribution is -2.99. The van der Waals surface area contributed by atoms with E-state index < -0.39 is 5.23 Å². The Kier molecular flexibility index (Phi) is 3.50. The summed E-state index contributed by atoms with van der Waals surface area (Å²) in [5, 5.41) is 19.6. The van der Waals surface area contributed by atoms with Crippen LogP contribution in [0.25, 0.3) is 22.6 Å². The summed E-state index contributed by atoms with van der Waals surface area (Å²) in [6.07, 6.45) is 2.70. The summed E-state index contributed by atoms with van der Waals surface area (Å²) in [5.74, 6) is 0.695. The Morgan fingerprint density at radius 3 is 2.67 bits per heavy atom. The van der Waals surface area contributed by atoms with Crippen LogP contribution in [0.1, 0.15) is 17.8 Å². The summed E-state index contributed by atoms with van der Waals surface area (Å²) in [7, 11) is 0. The lowest BCUT2D eigenvalue weighted by molar-refractivity contribution is -0.991. The number of nitrogens with zero attached hydrogens (tertiary/aromatic N) is 2. The highest BCUT2D eigenvalue weighted by Gasteiger charge is 2.20. The second-order valence-corrected chi connectivity index (χ2v) is 5.76. The summed E-state index contributed by atoms with van der Waals surface area (Å²) in [6.45, 7) is 0.616. The first-order chi connectivity index (χ1) is 11.6. The maximum Gasteiger partial charge on any atom is 0.261 e. The SMILES string of the molecule is O=c1c2ccccc2nc2n1CCC2=Cc1ccc([NH+]([O-])O)cc1. The highest BCUT2D eigenvalue weighted by Crippen LogP contribution is 2.27. The van der Waals surface area contributed by atoms with E-state index in [2.05, 4.69) is 4.98 Å². The number of aromatic nitrogens is 2. The van der Waals surface area contributed by atoms with Gasteiger partial charge in [0.25, 0.3) is 5.56 Å². The molecule has 2 heterocycles. The predicted octanol–water partition coefficient (Wildman–Crippen LogP) is 1.74. The minimum atomic E-state index is -0.944. The third-order valence-electron chi connectivity index (χ3n) is 4.25. The number of hydrogen-bond acceptors (Lipinski definition) is 4. The minimum absolute atomic E-state index is 0.0137. The summed E-state index contributed by atoms with van der Waals surface area (Å²) in [4.78, 5) is 17.2. The van der Waals surface area contributed by atoms with Gasteiger partial charge in [0.15, 0.2) is 5.69 Å². The van der Waals surface area contributed by atoms with Gasteiger partial charge in [0.2, 0.25) is 0 Å². The first kappa shape index (κ1) is 14.8. The van der Waals surface area contributed by atoms with E-state index in [4.69, 9.17) is 5.21 Å². The average molecular weight is 321 g/mol. The van der Waals surface area contributed by atoms with Crippen LogP contribution >= 0.6 is 0 Å². The van der Waals surface area contributed by atoms with Gasteiger partial charge in [-0.05, 0) is 47.9 Å². The molecule has 4 rings (SSSR count). The Morgan fingerprint density at radius 2 is 1.92 bits per heavy atom. The quantitative estimate of drug-likeness (QED) is 0.704. The fourth-order valence-electron chi connectivity index (χ4n) is 3.02. The van der Waals surface area contributed by atoms with Crippen LogP contribution in [0, 0.1) is 5.21 Å². The highest BCUT2D eigenvalue weighted by molar-refractivity contribution is 5.84. The van der Waals surface area contributed by atoms with Crippen LogP contribution in [0.5, 0.6) is 0 Å². The Hall–Kier alpha value is -2.80. The molecule has 1 unspecified atom stereocenters. The highest BCUT2D eigenvalue weighted by atomic mass is 16.8. The van der Waals surface area contributed by atoms with Crippen LogP contribution in [-0.4, -0.2) is 14.8 Å². The number of nitrogens with one attached hydrogen (secondary N) is 1. The number of quaternary nitrogens is 1. The van der Waals surface area contributed by atoms with Gasteiger partial charge < -0.3 is 5.21 Å². The number of rotatable bonds is 2. The van der Waals surface area contributed by atoms with E-state index in [-0.39, 0.29) is 11.2 Å². The minimum Gasteiger partial charge on any atom is -0.595 e. The van der Waals surface area contributed by atoms with Crippen molar-refractivity contribution >= 4 is 28.2 Å². The lowest BCUT2D eigenvalue weighted by atomic mass is 10.1. The van der Waals surface area contributed by atoms with Gasteiger partial charge in [-0.15, -0.1) is 0 Å². The van der Waals surface area contributed by atoms with Gasteiger partial charge in [0.05, 0.1) is 10.9 Å². The van der Waals surface area contributed by atoms with E-state index in [9.17, 15) is 10.0 Å². The fraction of sp³-hybridized carbons (Fsp3) is 0.111. The van der Waals surface area contributed by atoms with Crippen molar-refractivity contribution in [3.63, 3.8) is 0 Å². The largest absolute Gasteiger partial charge is 0.595 e. The molecule has 1 aromatic heterocycles. The van der Waals surface area contributed by atoms with E-state index in [0.29, 0.717) is 23.3 Å². The Morgan fingerprint density at radius 1 is 1.17 bits per heavy atom. The standard InChI is InChI=1S/C18H15N3O3/c22-18-15-3-1-2-4-16(15)19-17-13(9-10-20(17)18)11-12-5-7-14(8-6-12)21(23)24/h1-8,11,21,23H,9-10H2. The molecule has 2 N–H and O–H groups in total. The van der Waals surface area contributed by atoms with Crippen LogP contribution in [0.3, 0.4) is 0 Å². The second kappa shape index (κ2) is 5.68. The molecule has 0 radical (unpaired) electrons. The third kappa shape index (κ3) is 2.43. The van der Waals surface area contributed by atoms with Gasteiger partial charge in [-0.1, -0.05) is 12.1 Å². The number of hydrogen-bond donors (Lipinski definition) is 2. The molecule has 0 bridgehead atoms. The van der Waals surface area contributed by atoms with Crippen LogP contribution in [0.15, 0.2) is 53.3 Å². The smallest absolute Gasteiger partial charge is 0.261 e. The van der Waals surface area contributed by atoms with Crippen molar-refractivity contribution in [2.45, 2.75) is 13.0 Å². The molecule has 3 aromatic rings. The molecule has 24 heavy (non-hydrogen) atoms.